The smallest absolute Gasteiger partial charge is 0.167 e. The Bertz CT molecular complexity index is 438. The third-order valence-electron chi connectivity index (χ3n) is 3.76. The van der Waals surface area contributed by atoms with E-state index in [1.807, 2.05) is 0 Å². The second-order valence-corrected chi connectivity index (χ2v) is 4.54. The first-order valence-electron chi connectivity index (χ1n) is 5.13. The van der Waals surface area contributed by atoms with Crippen molar-refractivity contribution in [3.63, 3.8) is 0 Å². The van der Waals surface area contributed by atoms with Crippen molar-refractivity contribution in [1.29, 1.82) is 0 Å². The van der Waals surface area contributed by atoms with Crippen LogP contribution in [-0.4, -0.2) is 17.3 Å². The van der Waals surface area contributed by atoms with E-state index in [-0.39, 0.29) is 28.7 Å². The summed E-state index contributed by atoms with van der Waals surface area (Å²) in [6, 6.07) is 0. The average molecular weight is 202 g/mol. The largest absolute Gasteiger partial charge is 0.294 e. The third kappa shape index (κ3) is 0.978. The predicted octanol–water partition coefficient (Wildman–Crippen LogP) is 0.846. The minimum absolute atomic E-state index is 0.0351. The molecule has 2 unspecified atom stereocenters. The van der Waals surface area contributed by atoms with E-state index in [1.54, 1.807) is 6.08 Å². The Morgan fingerprint density at radius 2 is 1.53 bits per heavy atom. The highest BCUT2D eigenvalue weighted by Gasteiger charge is 2.62. The van der Waals surface area contributed by atoms with Gasteiger partial charge in [-0.25, -0.2) is 0 Å². The van der Waals surface area contributed by atoms with Gasteiger partial charge in [-0.2, -0.15) is 0 Å². The number of ketones is 3. The van der Waals surface area contributed by atoms with Crippen molar-refractivity contribution < 1.29 is 14.4 Å². The monoisotopic (exact) mass is 202 g/mol. The van der Waals surface area contributed by atoms with Crippen molar-refractivity contribution in [3.05, 3.63) is 24.3 Å². The van der Waals surface area contributed by atoms with Gasteiger partial charge in [0.1, 0.15) is 0 Å². The molecule has 1 saturated carbocycles. The zero-order chi connectivity index (χ0) is 10.6. The Labute approximate surface area is 86.8 Å². The summed E-state index contributed by atoms with van der Waals surface area (Å²) < 4.78 is 0. The summed E-state index contributed by atoms with van der Waals surface area (Å²) in [5.74, 6) is -1.20. The number of hydrogen-bond acceptors (Lipinski definition) is 3. The van der Waals surface area contributed by atoms with Crippen LogP contribution in [0.5, 0.6) is 0 Å². The van der Waals surface area contributed by atoms with Crippen LogP contribution in [0.25, 0.3) is 0 Å². The number of hydrogen-bond donors (Lipinski definition) is 0. The van der Waals surface area contributed by atoms with Crippen LogP contribution < -0.4 is 0 Å². The van der Waals surface area contributed by atoms with Gasteiger partial charge in [0, 0.05) is 11.3 Å². The van der Waals surface area contributed by atoms with Gasteiger partial charge in [0.15, 0.2) is 17.3 Å². The van der Waals surface area contributed by atoms with Gasteiger partial charge >= 0.3 is 0 Å². The van der Waals surface area contributed by atoms with Crippen LogP contribution in [-0.2, 0) is 14.4 Å². The maximum atomic E-state index is 11.7. The molecule has 3 nitrogen and oxygen atoms in total. The Balaban J connectivity index is 2.20. The zero-order valence-corrected chi connectivity index (χ0v) is 8.10. The summed E-state index contributed by atoms with van der Waals surface area (Å²) in [4.78, 5) is 35.2. The van der Waals surface area contributed by atoms with Gasteiger partial charge in [0.25, 0.3) is 0 Å². The van der Waals surface area contributed by atoms with E-state index in [2.05, 4.69) is 0 Å². The lowest BCUT2D eigenvalue weighted by atomic mass is 9.70. The zero-order valence-electron chi connectivity index (χ0n) is 8.10. The maximum Gasteiger partial charge on any atom is 0.167 e. The Morgan fingerprint density at radius 1 is 0.933 bits per heavy atom. The lowest BCUT2D eigenvalue weighted by Gasteiger charge is -2.29. The molecule has 0 aliphatic heterocycles. The molecule has 0 aromatic rings. The molecular formula is C12H10O3. The second-order valence-electron chi connectivity index (χ2n) is 4.54. The molecule has 0 heterocycles. The predicted molar refractivity (Wildman–Crippen MR) is 51.9 cm³/mol. The molecule has 3 heteroatoms. The van der Waals surface area contributed by atoms with E-state index in [9.17, 15) is 14.4 Å². The molecule has 0 N–H and O–H groups in total. The van der Waals surface area contributed by atoms with Crippen LogP contribution in [0, 0.1) is 17.3 Å². The summed E-state index contributed by atoms with van der Waals surface area (Å²) in [5.41, 5.74) is -0.358. The highest BCUT2D eigenvalue weighted by molar-refractivity contribution is 6.17. The molecule has 1 spiro atoms. The van der Waals surface area contributed by atoms with Crippen LogP contribution >= 0.6 is 0 Å². The molecule has 1 fully saturated rings. The normalized spacial score (nSPS) is 35.9. The fourth-order valence-electron chi connectivity index (χ4n) is 2.85. The summed E-state index contributed by atoms with van der Waals surface area (Å²) in [6.07, 6.45) is 7.32. The molecule has 15 heavy (non-hydrogen) atoms. The SMILES string of the molecule is O=C1C=CC(=O)C2C(=O)C=CC1C21CC1. The summed E-state index contributed by atoms with van der Waals surface area (Å²) >= 11 is 0. The molecule has 3 aliphatic rings. The molecule has 3 aliphatic carbocycles. The Morgan fingerprint density at radius 3 is 2.20 bits per heavy atom. The first kappa shape index (κ1) is 8.77. The fraction of sp³-hybridized carbons (Fsp3) is 0.417. The minimum Gasteiger partial charge on any atom is -0.294 e. The first-order valence-corrected chi connectivity index (χ1v) is 5.13. The van der Waals surface area contributed by atoms with E-state index in [1.165, 1.54) is 18.2 Å². The highest BCUT2D eigenvalue weighted by atomic mass is 16.2. The molecule has 2 bridgehead atoms. The van der Waals surface area contributed by atoms with Crippen molar-refractivity contribution in [1.82, 2.24) is 0 Å². The van der Waals surface area contributed by atoms with Crippen molar-refractivity contribution in [2.24, 2.45) is 17.3 Å². The molecule has 0 aromatic heterocycles. The van der Waals surface area contributed by atoms with E-state index in [0.717, 1.165) is 12.8 Å². The van der Waals surface area contributed by atoms with Gasteiger partial charge in [0.05, 0.1) is 5.92 Å². The van der Waals surface area contributed by atoms with E-state index in [0.29, 0.717) is 0 Å². The van der Waals surface area contributed by atoms with Gasteiger partial charge in [0.2, 0.25) is 0 Å². The van der Waals surface area contributed by atoms with Gasteiger partial charge < -0.3 is 0 Å². The molecule has 0 aromatic carbocycles. The highest BCUT2D eigenvalue weighted by Crippen LogP contribution is 2.61. The van der Waals surface area contributed by atoms with Crippen LogP contribution in [0.2, 0.25) is 0 Å². The fourth-order valence-corrected chi connectivity index (χ4v) is 2.85. The number of rotatable bonds is 0. The van der Waals surface area contributed by atoms with Crippen LogP contribution in [0.3, 0.4) is 0 Å². The average Bonchev–Trinajstić information content (AvgIpc) is 2.95. The van der Waals surface area contributed by atoms with Crippen LogP contribution in [0.15, 0.2) is 24.3 Å². The molecule has 2 atom stereocenters. The Hall–Kier alpha value is -1.51. The number of carbonyl (C=O) groups is 3. The van der Waals surface area contributed by atoms with Crippen LogP contribution in [0.1, 0.15) is 12.8 Å². The minimum atomic E-state index is -0.588. The molecule has 0 saturated heterocycles. The number of carbonyl (C=O) groups excluding carboxylic acids is 3. The quantitative estimate of drug-likeness (QED) is 0.547. The lowest BCUT2D eigenvalue weighted by molar-refractivity contribution is -0.132. The maximum absolute atomic E-state index is 11.7. The lowest BCUT2D eigenvalue weighted by Crippen LogP contribution is -2.39. The van der Waals surface area contributed by atoms with Gasteiger partial charge in [-0.05, 0) is 31.1 Å². The first-order chi connectivity index (χ1) is 7.15. The molecule has 0 radical (unpaired) electrons. The summed E-state index contributed by atoms with van der Waals surface area (Å²) in [7, 11) is 0. The van der Waals surface area contributed by atoms with Crippen LogP contribution in [0.4, 0.5) is 0 Å². The van der Waals surface area contributed by atoms with E-state index < -0.39 is 5.92 Å². The standard InChI is InChI=1S/C12H10O3/c13-8-3-4-10(15)11-9(14)2-1-7(8)12(11)5-6-12/h1-4,7,11H,5-6H2. The second kappa shape index (κ2) is 2.54. The molecule has 76 valence electrons. The van der Waals surface area contributed by atoms with Gasteiger partial charge in [-0.15, -0.1) is 0 Å². The summed E-state index contributed by atoms with van der Waals surface area (Å²) in [5, 5.41) is 0. The van der Waals surface area contributed by atoms with E-state index in [4.69, 9.17) is 0 Å². The van der Waals surface area contributed by atoms with Crippen molar-refractivity contribution in [2.75, 3.05) is 0 Å². The van der Waals surface area contributed by atoms with Gasteiger partial charge in [-0.3, -0.25) is 14.4 Å². The number of allylic oxidation sites excluding steroid dienone is 4. The summed E-state index contributed by atoms with van der Waals surface area (Å²) in [6.45, 7) is 0. The Kier molecular flexibility index (Phi) is 1.48. The van der Waals surface area contributed by atoms with Crippen molar-refractivity contribution in [2.45, 2.75) is 12.8 Å². The van der Waals surface area contributed by atoms with Crippen molar-refractivity contribution in [3.8, 4) is 0 Å². The molecule has 0 amide bonds. The van der Waals surface area contributed by atoms with Gasteiger partial charge in [-0.1, -0.05) is 6.08 Å². The topological polar surface area (TPSA) is 51.2 Å². The van der Waals surface area contributed by atoms with Crippen molar-refractivity contribution >= 4 is 17.3 Å². The molecular weight excluding hydrogens is 192 g/mol. The van der Waals surface area contributed by atoms with E-state index >= 15 is 0 Å². The third-order valence-corrected chi connectivity index (χ3v) is 3.76. The molecule has 3 rings (SSSR count).